The summed E-state index contributed by atoms with van der Waals surface area (Å²) in [6, 6.07) is 0.402. The summed E-state index contributed by atoms with van der Waals surface area (Å²) >= 11 is 1.83. The van der Waals surface area contributed by atoms with Crippen molar-refractivity contribution in [1.29, 1.82) is 0 Å². The molecule has 2 rings (SSSR count). The number of nitrogens with one attached hydrogen (secondary N) is 1. The van der Waals surface area contributed by atoms with Gasteiger partial charge in [-0.15, -0.1) is 11.3 Å². The fraction of sp³-hybridized carbons (Fsp3) is 0.769. The van der Waals surface area contributed by atoms with Crippen molar-refractivity contribution in [3.8, 4) is 0 Å². The molecule has 0 bridgehead atoms. The van der Waals surface area contributed by atoms with Crippen molar-refractivity contribution in [2.45, 2.75) is 39.7 Å². The van der Waals surface area contributed by atoms with E-state index in [1.165, 1.54) is 22.9 Å². The lowest BCUT2D eigenvalue weighted by Crippen LogP contribution is -2.40. The third-order valence-electron chi connectivity index (χ3n) is 3.54. The molecule has 1 saturated heterocycles. The molecule has 1 aromatic heterocycles. The maximum absolute atomic E-state index is 4.58. The highest BCUT2D eigenvalue weighted by molar-refractivity contribution is 7.15. The predicted octanol–water partition coefficient (Wildman–Crippen LogP) is 3.05. The van der Waals surface area contributed by atoms with Crippen LogP contribution in [0.25, 0.3) is 0 Å². The topological polar surface area (TPSA) is 28.2 Å². The predicted molar refractivity (Wildman–Crippen MR) is 74.8 cm³/mol. The molecule has 1 aliphatic rings. The molecular formula is C13H23N3S. The molecule has 0 amide bonds. The Kier molecular flexibility index (Phi) is 3.73. The average molecular weight is 253 g/mol. The quantitative estimate of drug-likeness (QED) is 0.897. The van der Waals surface area contributed by atoms with Crippen molar-refractivity contribution >= 4 is 16.5 Å². The molecule has 2 heterocycles. The summed E-state index contributed by atoms with van der Waals surface area (Å²) in [5.74, 6) is 0. The maximum atomic E-state index is 4.58. The van der Waals surface area contributed by atoms with E-state index in [0.717, 1.165) is 13.1 Å². The minimum absolute atomic E-state index is 0.402. The third-order valence-corrected chi connectivity index (χ3v) is 4.78. The van der Waals surface area contributed by atoms with Crippen LogP contribution < -0.4 is 10.2 Å². The van der Waals surface area contributed by atoms with E-state index < -0.39 is 0 Å². The van der Waals surface area contributed by atoms with Gasteiger partial charge in [-0.1, -0.05) is 13.8 Å². The van der Waals surface area contributed by atoms with E-state index >= 15 is 0 Å². The second kappa shape index (κ2) is 4.94. The Balaban J connectivity index is 2.09. The molecule has 0 radical (unpaired) electrons. The minimum atomic E-state index is 0.402. The Morgan fingerprint density at radius 1 is 1.53 bits per heavy atom. The van der Waals surface area contributed by atoms with Crippen LogP contribution in [0.4, 0.5) is 5.13 Å². The normalized spacial score (nSPS) is 21.5. The first kappa shape index (κ1) is 12.8. The van der Waals surface area contributed by atoms with Crippen molar-refractivity contribution in [2.75, 3.05) is 25.0 Å². The zero-order valence-corrected chi connectivity index (χ0v) is 12.1. The Morgan fingerprint density at radius 3 is 2.94 bits per heavy atom. The standard InChI is InChI=1S/C13H23N3S/c1-10(14-4)11-8-15-12(17-11)16-7-5-6-13(2,3)9-16/h8,10,14H,5-7,9H2,1-4H3. The average Bonchev–Trinajstić information content (AvgIpc) is 2.76. The molecular weight excluding hydrogens is 230 g/mol. The van der Waals surface area contributed by atoms with E-state index in [1.54, 1.807) is 0 Å². The van der Waals surface area contributed by atoms with Gasteiger partial charge in [0.05, 0.1) is 0 Å². The highest BCUT2D eigenvalue weighted by atomic mass is 32.1. The number of piperidine rings is 1. The second-order valence-electron chi connectivity index (χ2n) is 5.74. The lowest BCUT2D eigenvalue weighted by Gasteiger charge is -2.37. The van der Waals surface area contributed by atoms with Gasteiger partial charge in [0.1, 0.15) is 0 Å². The van der Waals surface area contributed by atoms with Crippen LogP contribution in [0.1, 0.15) is 44.5 Å². The fourth-order valence-electron chi connectivity index (χ4n) is 2.35. The van der Waals surface area contributed by atoms with Gasteiger partial charge in [-0.05, 0) is 32.2 Å². The summed E-state index contributed by atoms with van der Waals surface area (Å²) < 4.78 is 0. The fourth-order valence-corrected chi connectivity index (χ4v) is 3.35. The molecule has 0 saturated carbocycles. The lowest BCUT2D eigenvalue weighted by molar-refractivity contribution is 0.293. The van der Waals surface area contributed by atoms with Gasteiger partial charge in [0.25, 0.3) is 0 Å². The number of hydrogen-bond donors (Lipinski definition) is 1. The van der Waals surface area contributed by atoms with Crippen LogP contribution in [0, 0.1) is 5.41 Å². The lowest BCUT2D eigenvalue weighted by atomic mass is 9.84. The molecule has 3 nitrogen and oxygen atoms in total. The summed E-state index contributed by atoms with van der Waals surface area (Å²) in [5, 5.41) is 4.46. The molecule has 1 atom stereocenters. The van der Waals surface area contributed by atoms with E-state index in [0.29, 0.717) is 11.5 Å². The molecule has 17 heavy (non-hydrogen) atoms. The smallest absolute Gasteiger partial charge is 0.185 e. The molecule has 1 unspecified atom stereocenters. The molecule has 0 aromatic carbocycles. The highest BCUT2D eigenvalue weighted by Gasteiger charge is 2.27. The number of nitrogens with zero attached hydrogens (tertiary/aromatic N) is 2. The van der Waals surface area contributed by atoms with Crippen molar-refractivity contribution in [2.24, 2.45) is 5.41 Å². The zero-order chi connectivity index (χ0) is 12.5. The number of hydrogen-bond acceptors (Lipinski definition) is 4. The summed E-state index contributed by atoms with van der Waals surface area (Å²) in [4.78, 5) is 8.35. The summed E-state index contributed by atoms with van der Waals surface area (Å²) in [6.07, 6.45) is 4.63. The largest absolute Gasteiger partial charge is 0.348 e. The van der Waals surface area contributed by atoms with Crippen LogP contribution in [-0.2, 0) is 0 Å². The van der Waals surface area contributed by atoms with Gasteiger partial charge in [0, 0.05) is 30.2 Å². The molecule has 0 spiro atoms. The Hall–Kier alpha value is -0.610. The van der Waals surface area contributed by atoms with E-state index in [2.05, 4.69) is 36.0 Å². The number of anilines is 1. The summed E-state index contributed by atoms with van der Waals surface area (Å²) in [6.45, 7) is 9.17. The first-order chi connectivity index (χ1) is 8.02. The summed E-state index contributed by atoms with van der Waals surface area (Å²) in [5.41, 5.74) is 0.429. The second-order valence-corrected chi connectivity index (χ2v) is 6.79. The minimum Gasteiger partial charge on any atom is -0.348 e. The third kappa shape index (κ3) is 2.99. The van der Waals surface area contributed by atoms with E-state index in [1.807, 2.05) is 24.6 Å². The van der Waals surface area contributed by atoms with Crippen molar-refractivity contribution in [3.63, 3.8) is 0 Å². The number of rotatable bonds is 3. The summed E-state index contributed by atoms with van der Waals surface area (Å²) in [7, 11) is 1.99. The SMILES string of the molecule is CNC(C)c1cnc(N2CCCC(C)(C)C2)s1. The van der Waals surface area contributed by atoms with Gasteiger partial charge in [-0.2, -0.15) is 0 Å². The number of aromatic nitrogens is 1. The maximum Gasteiger partial charge on any atom is 0.185 e. The van der Waals surface area contributed by atoms with Crippen molar-refractivity contribution < 1.29 is 0 Å². The molecule has 1 fully saturated rings. The van der Waals surface area contributed by atoms with Crippen molar-refractivity contribution in [3.05, 3.63) is 11.1 Å². The molecule has 4 heteroatoms. The zero-order valence-electron chi connectivity index (χ0n) is 11.3. The Bertz CT molecular complexity index is 372. The molecule has 1 N–H and O–H groups in total. The van der Waals surface area contributed by atoms with Gasteiger partial charge in [-0.3, -0.25) is 0 Å². The Labute approximate surface area is 108 Å². The van der Waals surface area contributed by atoms with E-state index in [4.69, 9.17) is 0 Å². The van der Waals surface area contributed by atoms with Crippen molar-refractivity contribution in [1.82, 2.24) is 10.3 Å². The van der Waals surface area contributed by atoms with Gasteiger partial charge >= 0.3 is 0 Å². The molecule has 96 valence electrons. The van der Waals surface area contributed by atoms with Crippen LogP contribution in [0.5, 0.6) is 0 Å². The highest BCUT2D eigenvalue weighted by Crippen LogP contribution is 2.34. The van der Waals surface area contributed by atoms with Crippen LogP contribution in [0.2, 0.25) is 0 Å². The van der Waals surface area contributed by atoms with Gasteiger partial charge in [0.15, 0.2) is 5.13 Å². The number of thiazole rings is 1. The van der Waals surface area contributed by atoms with Gasteiger partial charge in [0.2, 0.25) is 0 Å². The molecule has 0 aliphatic carbocycles. The molecule has 1 aromatic rings. The van der Waals surface area contributed by atoms with Gasteiger partial charge < -0.3 is 10.2 Å². The van der Waals surface area contributed by atoms with E-state index in [9.17, 15) is 0 Å². The molecule has 1 aliphatic heterocycles. The first-order valence-corrected chi connectivity index (χ1v) is 7.21. The van der Waals surface area contributed by atoms with Crippen LogP contribution in [0.3, 0.4) is 0 Å². The van der Waals surface area contributed by atoms with Crippen LogP contribution in [0.15, 0.2) is 6.20 Å². The van der Waals surface area contributed by atoms with E-state index in [-0.39, 0.29) is 0 Å². The van der Waals surface area contributed by atoms with Crippen LogP contribution in [-0.4, -0.2) is 25.1 Å². The first-order valence-electron chi connectivity index (χ1n) is 6.40. The van der Waals surface area contributed by atoms with Gasteiger partial charge in [-0.25, -0.2) is 4.98 Å². The monoisotopic (exact) mass is 253 g/mol. The van der Waals surface area contributed by atoms with Crippen LogP contribution >= 0.6 is 11.3 Å². The Morgan fingerprint density at radius 2 is 2.29 bits per heavy atom.